The van der Waals surface area contributed by atoms with Crippen molar-refractivity contribution in [3.63, 3.8) is 0 Å². The van der Waals surface area contributed by atoms with Gasteiger partial charge in [-0.3, -0.25) is 5.84 Å². The molecule has 0 amide bonds. The summed E-state index contributed by atoms with van der Waals surface area (Å²) < 4.78 is 14.3. The van der Waals surface area contributed by atoms with Crippen molar-refractivity contribution in [1.82, 2.24) is 5.43 Å². The second kappa shape index (κ2) is 5.27. The van der Waals surface area contributed by atoms with E-state index in [9.17, 15) is 4.39 Å². The summed E-state index contributed by atoms with van der Waals surface area (Å²) in [5, 5.41) is 0. The van der Waals surface area contributed by atoms with E-state index in [0.29, 0.717) is 0 Å². The minimum atomic E-state index is -0.249. The molecular weight excluding hydrogens is 303 g/mol. The number of rotatable bonds is 3. The summed E-state index contributed by atoms with van der Waals surface area (Å²) in [6.07, 6.45) is 0. The number of nitrogens with one attached hydrogen (secondary N) is 1. The Kier molecular flexibility index (Phi) is 3.93. The predicted molar refractivity (Wildman–Crippen MR) is 72.3 cm³/mol. The highest BCUT2D eigenvalue weighted by Crippen LogP contribution is 2.32. The number of hydrogen-bond acceptors (Lipinski definition) is 3. The van der Waals surface area contributed by atoms with Crippen molar-refractivity contribution < 1.29 is 4.39 Å². The molecule has 2 nitrogen and oxygen atoms in total. The molecule has 0 spiro atoms. The quantitative estimate of drug-likeness (QED) is 0.672. The van der Waals surface area contributed by atoms with Crippen molar-refractivity contribution in [3.05, 3.63) is 55.9 Å². The fraction of sp³-hybridized carbons (Fsp3) is 0.167. The molecule has 2 aromatic rings. The van der Waals surface area contributed by atoms with Crippen LogP contribution < -0.4 is 11.3 Å². The van der Waals surface area contributed by atoms with Gasteiger partial charge in [0.05, 0.1) is 9.83 Å². The molecule has 0 aliphatic carbocycles. The highest BCUT2D eigenvalue weighted by molar-refractivity contribution is 9.11. The van der Waals surface area contributed by atoms with Crippen LogP contribution in [0.15, 0.2) is 34.1 Å². The van der Waals surface area contributed by atoms with Crippen LogP contribution >= 0.6 is 27.3 Å². The Morgan fingerprint density at radius 3 is 2.71 bits per heavy atom. The van der Waals surface area contributed by atoms with E-state index >= 15 is 0 Å². The monoisotopic (exact) mass is 314 g/mol. The molecule has 2 rings (SSSR count). The summed E-state index contributed by atoms with van der Waals surface area (Å²) in [5.74, 6) is 5.34. The predicted octanol–water partition coefficient (Wildman–Crippen LogP) is 3.51. The minimum absolute atomic E-state index is 0.179. The first-order valence-electron chi connectivity index (χ1n) is 5.09. The van der Waals surface area contributed by atoms with Gasteiger partial charge in [-0.2, -0.15) is 0 Å². The van der Waals surface area contributed by atoms with Crippen LogP contribution in [0.5, 0.6) is 0 Å². The number of aryl methyl sites for hydroxylation is 1. The molecule has 17 heavy (non-hydrogen) atoms. The van der Waals surface area contributed by atoms with E-state index in [1.54, 1.807) is 17.4 Å². The molecule has 0 radical (unpaired) electrons. The molecule has 3 N–H and O–H groups in total. The van der Waals surface area contributed by atoms with Crippen LogP contribution in [0.3, 0.4) is 0 Å². The Balaban J connectivity index is 2.45. The zero-order chi connectivity index (χ0) is 12.4. The van der Waals surface area contributed by atoms with Crippen LogP contribution in [0.2, 0.25) is 0 Å². The third kappa shape index (κ3) is 2.74. The van der Waals surface area contributed by atoms with Crippen molar-refractivity contribution in [2.45, 2.75) is 13.0 Å². The van der Waals surface area contributed by atoms with Crippen molar-refractivity contribution in [2.24, 2.45) is 5.84 Å². The Hall–Kier alpha value is -0.750. The molecule has 90 valence electrons. The summed E-state index contributed by atoms with van der Waals surface area (Å²) in [7, 11) is 0. The maximum absolute atomic E-state index is 13.3. The normalized spacial score (nSPS) is 12.7. The minimum Gasteiger partial charge on any atom is -0.271 e. The topological polar surface area (TPSA) is 38.0 Å². The lowest BCUT2D eigenvalue weighted by molar-refractivity contribution is 0.606. The number of halogens is 2. The molecule has 0 aliphatic rings. The Labute approximate surface area is 112 Å². The van der Waals surface area contributed by atoms with Crippen LogP contribution in [-0.4, -0.2) is 0 Å². The molecule has 1 heterocycles. The third-order valence-corrected chi connectivity index (χ3v) is 4.29. The molecule has 0 bridgehead atoms. The smallest absolute Gasteiger partial charge is 0.123 e. The maximum atomic E-state index is 13.3. The number of thiophene rings is 1. The Morgan fingerprint density at radius 2 is 2.12 bits per heavy atom. The lowest BCUT2D eigenvalue weighted by Crippen LogP contribution is -2.28. The number of hydrogen-bond donors (Lipinski definition) is 2. The van der Waals surface area contributed by atoms with Crippen LogP contribution in [0.25, 0.3) is 0 Å². The molecule has 1 atom stereocenters. The zero-order valence-corrected chi connectivity index (χ0v) is 11.6. The van der Waals surface area contributed by atoms with E-state index in [1.165, 1.54) is 12.1 Å². The van der Waals surface area contributed by atoms with E-state index in [-0.39, 0.29) is 11.9 Å². The SMILES string of the molecule is Cc1ccc(F)cc1C(NN)c1ccc(Br)s1. The van der Waals surface area contributed by atoms with E-state index in [2.05, 4.69) is 21.4 Å². The van der Waals surface area contributed by atoms with Gasteiger partial charge in [0.2, 0.25) is 0 Å². The van der Waals surface area contributed by atoms with E-state index in [0.717, 1.165) is 19.8 Å². The van der Waals surface area contributed by atoms with Gasteiger partial charge in [0.25, 0.3) is 0 Å². The van der Waals surface area contributed by atoms with Gasteiger partial charge in [0.15, 0.2) is 0 Å². The molecule has 1 aromatic heterocycles. The van der Waals surface area contributed by atoms with Crippen molar-refractivity contribution >= 4 is 27.3 Å². The van der Waals surface area contributed by atoms with Crippen LogP contribution in [-0.2, 0) is 0 Å². The van der Waals surface area contributed by atoms with Gasteiger partial charge >= 0.3 is 0 Å². The first kappa shape index (κ1) is 12.7. The lowest BCUT2D eigenvalue weighted by atomic mass is 10.0. The van der Waals surface area contributed by atoms with Gasteiger partial charge in [-0.05, 0) is 58.2 Å². The average Bonchev–Trinajstić information content (AvgIpc) is 2.71. The standard InChI is InChI=1S/C12H12BrFN2S/c1-7-2-3-8(14)6-9(7)12(16-15)10-4-5-11(13)17-10/h2-6,12,16H,15H2,1H3. The maximum Gasteiger partial charge on any atom is 0.123 e. The highest BCUT2D eigenvalue weighted by Gasteiger charge is 2.17. The van der Waals surface area contributed by atoms with Gasteiger partial charge in [-0.1, -0.05) is 6.07 Å². The summed E-state index contributed by atoms with van der Waals surface area (Å²) >= 11 is 4.99. The molecule has 1 unspecified atom stereocenters. The van der Waals surface area contributed by atoms with Gasteiger partial charge in [-0.15, -0.1) is 11.3 Å². The van der Waals surface area contributed by atoms with E-state index in [1.807, 2.05) is 19.1 Å². The fourth-order valence-electron chi connectivity index (χ4n) is 1.73. The third-order valence-electron chi connectivity index (χ3n) is 2.60. The first-order valence-corrected chi connectivity index (χ1v) is 6.70. The van der Waals surface area contributed by atoms with Gasteiger partial charge in [0.1, 0.15) is 5.82 Å². The van der Waals surface area contributed by atoms with Gasteiger partial charge in [0, 0.05) is 4.88 Å². The lowest BCUT2D eigenvalue weighted by Gasteiger charge is -2.17. The number of nitrogens with two attached hydrogens (primary N) is 1. The zero-order valence-electron chi connectivity index (χ0n) is 9.21. The number of hydrazine groups is 1. The second-order valence-electron chi connectivity index (χ2n) is 3.74. The molecule has 1 aromatic carbocycles. The van der Waals surface area contributed by atoms with E-state index < -0.39 is 0 Å². The van der Waals surface area contributed by atoms with Crippen LogP contribution in [0.4, 0.5) is 4.39 Å². The summed E-state index contributed by atoms with van der Waals surface area (Å²) in [6.45, 7) is 1.95. The summed E-state index contributed by atoms with van der Waals surface area (Å²) in [5.41, 5.74) is 4.61. The molecular formula is C12H12BrFN2S. The highest BCUT2D eigenvalue weighted by atomic mass is 79.9. The fourth-order valence-corrected chi connectivity index (χ4v) is 3.23. The molecule has 5 heteroatoms. The first-order chi connectivity index (χ1) is 8.11. The Bertz CT molecular complexity index is 527. The van der Waals surface area contributed by atoms with E-state index in [4.69, 9.17) is 5.84 Å². The van der Waals surface area contributed by atoms with Crippen LogP contribution in [0, 0.1) is 12.7 Å². The largest absolute Gasteiger partial charge is 0.271 e. The summed E-state index contributed by atoms with van der Waals surface area (Å²) in [4.78, 5) is 1.05. The molecule has 0 saturated heterocycles. The second-order valence-corrected chi connectivity index (χ2v) is 6.24. The van der Waals surface area contributed by atoms with Gasteiger partial charge in [-0.25, -0.2) is 9.82 Å². The molecule has 0 aliphatic heterocycles. The van der Waals surface area contributed by atoms with Crippen molar-refractivity contribution in [3.8, 4) is 0 Å². The van der Waals surface area contributed by atoms with Crippen molar-refractivity contribution in [2.75, 3.05) is 0 Å². The van der Waals surface area contributed by atoms with Gasteiger partial charge < -0.3 is 0 Å². The number of benzene rings is 1. The molecule has 0 fully saturated rings. The van der Waals surface area contributed by atoms with Crippen molar-refractivity contribution in [1.29, 1.82) is 0 Å². The van der Waals surface area contributed by atoms with Crippen LogP contribution in [0.1, 0.15) is 22.0 Å². The molecule has 0 saturated carbocycles. The average molecular weight is 315 g/mol. The summed E-state index contributed by atoms with van der Waals surface area (Å²) in [6, 6.07) is 8.49. The Morgan fingerprint density at radius 1 is 1.35 bits per heavy atom.